The number of aldehydes is 1. The van der Waals surface area contributed by atoms with Gasteiger partial charge >= 0.3 is 6.18 Å². The summed E-state index contributed by atoms with van der Waals surface area (Å²) in [7, 11) is 0. The minimum absolute atomic E-state index is 0.00672. The van der Waals surface area contributed by atoms with Gasteiger partial charge < -0.3 is 0 Å². The molecule has 7 heteroatoms. The number of benzene rings is 2. The lowest BCUT2D eigenvalue weighted by atomic mass is 10.1. The monoisotopic (exact) mass is 382 g/mol. The fourth-order valence-electron chi connectivity index (χ4n) is 2.37. The molecule has 0 saturated heterocycles. The Bertz CT molecular complexity index is 887. The van der Waals surface area contributed by atoms with Crippen molar-refractivity contribution >= 4 is 33.1 Å². The van der Waals surface area contributed by atoms with Crippen LogP contribution in [0.25, 0.3) is 10.9 Å². The molecule has 0 saturated carbocycles. The quantitative estimate of drug-likeness (QED) is 0.616. The average molecular weight is 383 g/mol. The van der Waals surface area contributed by atoms with Crippen molar-refractivity contribution in [3.8, 4) is 0 Å². The van der Waals surface area contributed by atoms with E-state index in [-0.39, 0.29) is 12.1 Å². The van der Waals surface area contributed by atoms with E-state index in [0.29, 0.717) is 27.2 Å². The molecule has 118 valence electrons. The SMILES string of the molecule is O=Cc1ccc2nn(Cc3ccc(Br)cc3C(F)(F)F)cc2c1. The van der Waals surface area contributed by atoms with Crippen LogP contribution in [0.5, 0.6) is 0 Å². The largest absolute Gasteiger partial charge is 0.416 e. The molecule has 3 rings (SSSR count). The van der Waals surface area contributed by atoms with Crippen molar-refractivity contribution in [3.05, 3.63) is 63.8 Å². The van der Waals surface area contributed by atoms with Gasteiger partial charge in [0.1, 0.15) is 6.29 Å². The smallest absolute Gasteiger partial charge is 0.298 e. The molecule has 0 aliphatic carbocycles. The maximum absolute atomic E-state index is 13.1. The van der Waals surface area contributed by atoms with Crippen molar-refractivity contribution in [2.75, 3.05) is 0 Å². The first-order valence-electron chi connectivity index (χ1n) is 6.65. The van der Waals surface area contributed by atoms with Crippen LogP contribution in [0, 0.1) is 0 Å². The summed E-state index contributed by atoms with van der Waals surface area (Å²) in [5.74, 6) is 0. The Morgan fingerprint density at radius 3 is 2.65 bits per heavy atom. The summed E-state index contributed by atoms with van der Waals surface area (Å²) < 4.78 is 41.2. The standard InChI is InChI=1S/C16H10BrF3N2O/c17-13-3-2-11(14(6-13)16(18,19)20)7-22-8-12-5-10(9-23)1-4-15(12)21-22/h1-6,8-9H,7H2. The number of hydrogen-bond acceptors (Lipinski definition) is 2. The lowest BCUT2D eigenvalue weighted by Crippen LogP contribution is -2.12. The molecule has 3 nitrogen and oxygen atoms in total. The van der Waals surface area contributed by atoms with Crippen LogP contribution in [0.3, 0.4) is 0 Å². The molecule has 1 heterocycles. The Morgan fingerprint density at radius 1 is 1.17 bits per heavy atom. The van der Waals surface area contributed by atoms with Gasteiger partial charge in [0.05, 0.1) is 17.6 Å². The van der Waals surface area contributed by atoms with Crippen molar-refractivity contribution < 1.29 is 18.0 Å². The fourth-order valence-corrected chi connectivity index (χ4v) is 2.74. The molecular formula is C16H10BrF3N2O. The summed E-state index contributed by atoms with van der Waals surface area (Å²) in [6, 6.07) is 8.99. The van der Waals surface area contributed by atoms with Gasteiger partial charge in [0.2, 0.25) is 0 Å². The molecule has 0 N–H and O–H groups in total. The van der Waals surface area contributed by atoms with E-state index in [1.807, 2.05) is 0 Å². The minimum Gasteiger partial charge on any atom is -0.298 e. The highest BCUT2D eigenvalue weighted by molar-refractivity contribution is 9.10. The highest BCUT2D eigenvalue weighted by Gasteiger charge is 2.33. The van der Waals surface area contributed by atoms with E-state index in [1.165, 1.54) is 10.7 Å². The van der Waals surface area contributed by atoms with Crippen LogP contribution >= 0.6 is 15.9 Å². The molecule has 0 atom stereocenters. The summed E-state index contributed by atoms with van der Waals surface area (Å²) in [6.07, 6.45) is -2.09. The van der Waals surface area contributed by atoms with Crippen LogP contribution in [-0.2, 0) is 12.7 Å². The number of fused-ring (bicyclic) bond motifs is 1. The molecular weight excluding hydrogens is 373 g/mol. The number of alkyl halides is 3. The van der Waals surface area contributed by atoms with E-state index >= 15 is 0 Å². The summed E-state index contributed by atoms with van der Waals surface area (Å²) in [4.78, 5) is 10.8. The summed E-state index contributed by atoms with van der Waals surface area (Å²) in [5.41, 5.74) is 0.557. The number of nitrogens with zero attached hydrogens (tertiary/aromatic N) is 2. The molecule has 1 aromatic heterocycles. The predicted octanol–water partition coefficient (Wildman–Crippen LogP) is 4.68. The molecule has 0 amide bonds. The minimum atomic E-state index is -4.43. The van der Waals surface area contributed by atoms with Crippen molar-refractivity contribution in [1.82, 2.24) is 9.78 Å². The Balaban J connectivity index is 2.00. The van der Waals surface area contributed by atoms with Crippen molar-refractivity contribution in [1.29, 1.82) is 0 Å². The first-order valence-corrected chi connectivity index (χ1v) is 7.44. The number of rotatable bonds is 3. The molecule has 0 fully saturated rings. The average Bonchev–Trinajstić information content (AvgIpc) is 2.89. The van der Waals surface area contributed by atoms with Gasteiger partial charge in [-0.3, -0.25) is 9.48 Å². The zero-order chi connectivity index (χ0) is 16.6. The first kappa shape index (κ1) is 15.7. The van der Waals surface area contributed by atoms with Gasteiger partial charge in [0, 0.05) is 21.6 Å². The van der Waals surface area contributed by atoms with Gasteiger partial charge in [-0.05, 0) is 35.9 Å². The van der Waals surface area contributed by atoms with Crippen molar-refractivity contribution in [2.24, 2.45) is 0 Å². The maximum atomic E-state index is 13.1. The normalized spacial score (nSPS) is 11.8. The van der Waals surface area contributed by atoms with E-state index in [9.17, 15) is 18.0 Å². The van der Waals surface area contributed by atoms with Crippen LogP contribution in [0.4, 0.5) is 13.2 Å². The Morgan fingerprint density at radius 2 is 1.96 bits per heavy atom. The van der Waals surface area contributed by atoms with E-state index in [1.54, 1.807) is 30.5 Å². The molecule has 3 aromatic rings. The molecule has 0 spiro atoms. The molecule has 2 aromatic carbocycles. The molecule has 0 radical (unpaired) electrons. The van der Waals surface area contributed by atoms with E-state index < -0.39 is 11.7 Å². The summed E-state index contributed by atoms with van der Waals surface area (Å²) >= 11 is 3.06. The zero-order valence-corrected chi connectivity index (χ0v) is 13.2. The third-order valence-electron chi connectivity index (χ3n) is 3.42. The van der Waals surface area contributed by atoms with Gasteiger partial charge in [-0.2, -0.15) is 18.3 Å². The Labute approximate surface area is 137 Å². The van der Waals surface area contributed by atoms with Crippen LogP contribution in [0.15, 0.2) is 47.1 Å². The highest BCUT2D eigenvalue weighted by atomic mass is 79.9. The zero-order valence-electron chi connectivity index (χ0n) is 11.6. The number of aromatic nitrogens is 2. The number of hydrogen-bond donors (Lipinski definition) is 0. The number of carbonyl (C=O) groups is 1. The van der Waals surface area contributed by atoms with Gasteiger partial charge in [-0.25, -0.2) is 0 Å². The Kier molecular flexibility index (Phi) is 3.97. The molecule has 0 unspecified atom stereocenters. The maximum Gasteiger partial charge on any atom is 0.416 e. The van der Waals surface area contributed by atoms with Gasteiger partial charge in [-0.15, -0.1) is 0 Å². The first-order chi connectivity index (χ1) is 10.9. The number of carbonyl (C=O) groups excluding carboxylic acids is 1. The lowest BCUT2D eigenvalue weighted by Gasteiger charge is -2.13. The highest BCUT2D eigenvalue weighted by Crippen LogP contribution is 2.34. The second-order valence-corrected chi connectivity index (χ2v) is 5.98. The van der Waals surface area contributed by atoms with Crippen LogP contribution in [0.1, 0.15) is 21.5 Å². The predicted molar refractivity (Wildman–Crippen MR) is 83.4 cm³/mol. The van der Waals surface area contributed by atoms with Gasteiger partial charge in [-0.1, -0.05) is 22.0 Å². The van der Waals surface area contributed by atoms with E-state index in [4.69, 9.17) is 0 Å². The van der Waals surface area contributed by atoms with Crippen LogP contribution in [-0.4, -0.2) is 16.1 Å². The third kappa shape index (κ3) is 3.29. The second-order valence-electron chi connectivity index (χ2n) is 5.06. The number of halogens is 4. The molecule has 0 aliphatic heterocycles. The van der Waals surface area contributed by atoms with Gasteiger partial charge in [0.15, 0.2) is 0 Å². The topological polar surface area (TPSA) is 34.9 Å². The van der Waals surface area contributed by atoms with Gasteiger partial charge in [0.25, 0.3) is 0 Å². The molecule has 0 aliphatic rings. The van der Waals surface area contributed by atoms with E-state index in [2.05, 4.69) is 21.0 Å². The molecule has 23 heavy (non-hydrogen) atoms. The Hall–Kier alpha value is -2.15. The van der Waals surface area contributed by atoms with Crippen LogP contribution < -0.4 is 0 Å². The van der Waals surface area contributed by atoms with Crippen molar-refractivity contribution in [3.63, 3.8) is 0 Å². The second kappa shape index (κ2) is 5.81. The summed E-state index contributed by atoms with van der Waals surface area (Å²) in [5, 5.41) is 4.96. The summed E-state index contributed by atoms with van der Waals surface area (Å²) in [6.45, 7) is -0.00672. The fraction of sp³-hybridized carbons (Fsp3) is 0.125. The van der Waals surface area contributed by atoms with Crippen LogP contribution in [0.2, 0.25) is 0 Å². The van der Waals surface area contributed by atoms with Crippen molar-refractivity contribution in [2.45, 2.75) is 12.7 Å². The lowest BCUT2D eigenvalue weighted by molar-refractivity contribution is -0.138. The molecule has 0 bridgehead atoms. The van der Waals surface area contributed by atoms with E-state index in [0.717, 1.165) is 6.07 Å². The third-order valence-corrected chi connectivity index (χ3v) is 3.91.